The first kappa shape index (κ1) is 12.2. The van der Waals surface area contributed by atoms with Gasteiger partial charge in [0.05, 0.1) is 17.7 Å². The van der Waals surface area contributed by atoms with Gasteiger partial charge in [0.2, 0.25) is 0 Å². The first-order valence-electron chi connectivity index (χ1n) is 5.07. The minimum atomic E-state index is -1.05. The van der Waals surface area contributed by atoms with Crippen LogP contribution in [0.2, 0.25) is 0 Å². The third kappa shape index (κ3) is 2.82. The van der Waals surface area contributed by atoms with Crippen LogP contribution in [-0.2, 0) is 0 Å². The average Bonchev–Trinajstić information content (AvgIpc) is 2.25. The molecule has 4 heteroatoms. The maximum absolute atomic E-state index is 11.3. The van der Waals surface area contributed by atoms with Crippen LogP contribution in [0.4, 0.5) is 0 Å². The number of ketones is 1. The zero-order valence-electron chi connectivity index (χ0n) is 9.32. The molecule has 0 amide bonds. The number of hydrogen-bond donors (Lipinski definition) is 1. The number of benzene rings is 1. The monoisotopic (exact) mass is 222 g/mol. The van der Waals surface area contributed by atoms with E-state index in [-0.39, 0.29) is 11.3 Å². The van der Waals surface area contributed by atoms with E-state index >= 15 is 0 Å². The molecular formula is C12H14O4. The Morgan fingerprint density at radius 2 is 2.06 bits per heavy atom. The van der Waals surface area contributed by atoms with Crippen LogP contribution in [0.15, 0.2) is 18.2 Å². The summed E-state index contributed by atoms with van der Waals surface area (Å²) in [4.78, 5) is 22.1. The molecule has 0 saturated heterocycles. The van der Waals surface area contributed by atoms with E-state index in [4.69, 9.17) is 9.84 Å². The van der Waals surface area contributed by atoms with Gasteiger partial charge >= 0.3 is 5.97 Å². The number of carboxylic acid groups (broad SMARTS) is 1. The molecule has 0 atom stereocenters. The van der Waals surface area contributed by atoms with Crippen molar-refractivity contribution in [1.82, 2.24) is 0 Å². The summed E-state index contributed by atoms with van der Waals surface area (Å²) in [7, 11) is 0. The van der Waals surface area contributed by atoms with Crippen molar-refractivity contribution in [2.24, 2.45) is 0 Å². The van der Waals surface area contributed by atoms with Gasteiger partial charge in [0.25, 0.3) is 0 Å². The molecule has 0 heterocycles. The molecular weight excluding hydrogens is 208 g/mol. The Labute approximate surface area is 93.9 Å². The normalized spacial score (nSPS) is 9.88. The highest BCUT2D eigenvalue weighted by Crippen LogP contribution is 2.21. The number of ether oxygens (including phenoxy) is 1. The van der Waals surface area contributed by atoms with E-state index in [1.54, 1.807) is 0 Å². The molecule has 1 rings (SSSR count). The Bertz CT molecular complexity index is 409. The van der Waals surface area contributed by atoms with Crippen molar-refractivity contribution in [3.63, 3.8) is 0 Å². The van der Waals surface area contributed by atoms with Gasteiger partial charge in [-0.25, -0.2) is 4.79 Å². The Hall–Kier alpha value is -1.84. The van der Waals surface area contributed by atoms with E-state index in [0.717, 1.165) is 6.42 Å². The Kier molecular flexibility index (Phi) is 4.05. The van der Waals surface area contributed by atoms with Gasteiger partial charge in [-0.3, -0.25) is 4.79 Å². The maximum atomic E-state index is 11.3. The number of carboxylic acids is 1. The van der Waals surface area contributed by atoms with Crippen molar-refractivity contribution in [1.29, 1.82) is 0 Å². The van der Waals surface area contributed by atoms with Gasteiger partial charge in [0.1, 0.15) is 5.75 Å². The van der Waals surface area contributed by atoms with Gasteiger partial charge in [-0.05, 0) is 31.5 Å². The molecule has 1 aromatic carbocycles. The molecule has 1 N–H and O–H groups in total. The lowest BCUT2D eigenvalue weighted by Crippen LogP contribution is -2.05. The van der Waals surface area contributed by atoms with Gasteiger partial charge < -0.3 is 9.84 Å². The fraction of sp³-hybridized carbons (Fsp3) is 0.333. The van der Waals surface area contributed by atoms with Gasteiger partial charge in [-0.2, -0.15) is 0 Å². The van der Waals surface area contributed by atoms with Crippen molar-refractivity contribution in [2.75, 3.05) is 6.61 Å². The molecule has 0 aromatic heterocycles. The molecule has 0 fully saturated rings. The second-order valence-electron chi connectivity index (χ2n) is 3.42. The summed E-state index contributed by atoms with van der Waals surface area (Å²) in [5.41, 5.74) is 0.405. The average molecular weight is 222 g/mol. The highest BCUT2D eigenvalue weighted by molar-refractivity contribution is 5.99. The molecule has 0 bridgehead atoms. The number of Topliss-reactive ketones (excluding diaryl/α,β-unsaturated/α-hetero) is 1. The number of hydrogen-bond acceptors (Lipinski definition) is 3. The summed E-state index contributed by atoms with van der Waals surface area (Å²) in [6.45, 7) is 3.85. The smallest absolute Gasteiger partial charge is 0.335 e. The summed E-state index contributed by atoms with van der Waals surface area (Å²) in [6.07, 6.45) is 0.831. The highest BCUT2D eigenvalue weighted by Gasteiger charge is 2.12. The molecule has 4 nitrogen and oxygen atoms in total. The number of carbonyl (C=O) groups is 2. The summed E-state index contributed by atoms with van der Waals surface area (Å²) in [6, 6.07) is 4.30. The van der Waals surface area contributed by atoms with Crippen LogP contribution in [0.5, 0.6) is 5.75 Å². The van der Waals surface area contributed by atoms with Gasteiger partial charge in [0.15, 0.2) is 5.78 Å². The van der Waals surface area contributed by atoms with Crippen LogP contribution in [0.3, 0.4) is 0 Å². The highest BCUT2D eigenvalue weighted by atomic mass is 16.5. The standard InChI is InChI=1S/C12H14O4/c1-3-6-16-11-5-4-9(12(14)15)7-10(11)8(2)13/h4-5,7H,3,6H2,1-2H3,(H,14,15). The first-order valence-corrected chi connectivity index (χ1v) is 5.07. The first-order chi connectivity index (χ1) is 7.56. The molecule has 16 heavy (non-hydrogen) atoms. The Morgan fingerprint density at radius 3 is 2.56 bits per heavy atom. The van der Waals surface area contributed by atoms with E-state index in [1.807, 2.05) is 6.92 Å². The van der Waals surface area contributed by atoms with Crippen molar-refractivity contribution < 1.29 is 19.4 Å². The third-order valence-corrected chi connectivity index (χ3v) is 2.07. The number of aromatic carboxylic acids is 1. The van der Waals surface area contributed by atoms with Crippen molar-refractivity contribution >= 4 is 11.8 Å². The molecule has 0 spiro atoms. The zero-order chi connectivity index (χ0) is 12.1. The fourth-order valence-corrected chi connectivity index (χ4v) is 1.28. The van der Waals surface area contributed by atoms with Gasteiger partial charge in [-0.1, -0.05) is 6.92 Å². The van der Waals surface area contributed by atoms with Crippen molar-refractivity contribution in [3.8, 4) is 5.75 Å². The second-order valence-corrected chi connectivity index (χ2v) is 3.42. The lowest BCUT2D eigenvalue weighted by molar-refractivity contribution is 0.0697. The van der Waals surface area contributed by atoms with Gasteiger partial charge in [-0.15, -0.1) is 0 Å². The number of carbonyl (C=O) groups excluding carboxylic acids is 1. The topological polar surface area (TPSA) is 63.6 Å². The lowest BCUT2D eigenvalue weighted by Gasteiger charge is -2.09. The zero-order valence-corrected chi connectivity index (χ0v) is 9.32. The molecule has 0 unspecified atom stereocenters. The van der Waals surface area contributed by atoms with Crippen molar-refractivity contribution in [3.05, 3.63) is 29.3 Å². The molecule has 0 radical (unpaired) electrons. The van der Waals surface area contributed by atoms with E-state index in [1.165, 1.54) is 25.1 Å². The summed E-state index contributed by atoms with van der Waals surface area (Å²) < 4.78 is 5.37. The predicted octanol–water partition coefficient (Wildman–Crippen LogP) is 2.38. The van der Waals surface area contributed by atoms with E-state index in [9.17, 15) is 9.59 Å². The largest absolute Gasteiger partial charge is 0.493 e. The molecule has 0 aliphatic carbocycles. The Balaban J connectivity index is 3.09. The summed E-state index contributed by atoms with van der Waals surface area (Å²) >= 11 is 0. The third-order valence-electron chi connectivity index (χ3n) is 2.07. The van der Waals surface area contributed by atoms with Crippen LogP contribution in [0.1, 0.15) is 41.0 Å². The van der Waals surface area contributed by atoms with Crippen LogP contribution in [0.25, 0.3) is 0 Å². The van der Waals surface area contributed by atoms with E-state index < -0.39 is 5.97 Å². The molecule has 86 valence electrons. The van der Waals surface area contributed by atoms with Gasteiger partial charge in [0, 0.05) is 0 Å². The summed E-state index contributed by atoms with van der Waals surface area (Å²) in [5.74, 6) is -0.807. The molecule has 0 aliphatic rings. The quantitative estimate of drug-likeness (QED) is 0.777. The second kappa shape index (κ2) is 5.30. The summed E-state index contributed by atoms with van der Waals surface area (Å²) in [5, 5.41) is 8.81. The van der Waals surface area contributed by atoms with Crippen LogP contribution in [0, 0.1) is 0 Å². The van der Waals surface area contributed by atoms with Crippen LogP contribution >= 0.6 is 0 Å². The van der Waals surface area contributed by atoms with Crippen LogP contribution in [-0.4, -0.2) is 23.5 Å². The lowest BCUT2D eigenvalue weighted by atomic mass is 10.1. The maximum Gasteiger partial charge on any atom is 0.335 e. The molecule has 0 saturated carbocycles. The number of rotatable bonds is 5. The van der Waals surface area contributed by atoms with Crippen molar-refractivity contribution in [2.45, 2.75) is 20.3 Å². The fourth-order valence-electron chi connectivity index (χ4n) is 1.28. The Morgan fingerprint density at radius 1 is 1.38 bits per heavy atom. The molecule has 1 aromatic rings. The minimum Gasteiger partial charge on any atom is -0.493 e. The van der Waals surface area contributed by atoms with E-state index in [0.29, 0.717) is 17.9 Å². The predicted molar refractivity (Wildman–Crippen MR) is 59.2 cm³/mol. The van der Waals surface area contributed by atoms with Crippen LogP contribution < -0.4 is 4.74 Å². The minimum absolute atomic E-state index is 0.0917. The molecule has 0 aliphatic heterocycles. The van der Waals surface area contributed by atoms with E-state index in [2.05, 4.69) is 0 Å². The SMILES string of the molecule is CCCOc1ccc(C(=O)O)cc1C(C)=O.